The number of carbonyl (C=O) groups excluding carboxylic acids is 4. The van der Waals surface area contributed by atoms with E-state index in [0.717, 1.165) is 23.3 Å². The van der Waals surface area contributed by atoms with E-state index in [0.29, 0.717) is 24.3 Å². The Kier molecular flexibility index (Phi) is 7.37. The first kappa shape index (κ1) is 22.0. The second-order valence-corrected chi connectivity index (χ2v) is 7.23. The van der Waals surface area contributed by atoms with E-state index in [9.17, 15) is 19.2 Å². The normalized spacial score (nSPS) is 15.5. The summed E-state index contributed by atoms with van der Waals surface area (Å²) in [4.78, 5) is 49.9. The van der Waals surface area contributed by atoms with Crippen molar-refractivity contribution in [3.05, 3.63) is 65.7 Å². The highest BCUT2D eigenvalue weighted by atomic mass is 16.5. The van der Waals surface area contributed by atoms with Gasteiger partial charge in [0.2, 0.25) is 5.91 Å². The third-order valence-electron chi connectivity index (χ3n) is 4.83. The number of esters is 1. The highest BCUT2D eigenvalue weighted by molar-refractivity contribution is 6.08. The molecule has 1 fully saturated rings. The standard InChI is InChI=1S/C23H25N3O5/c1-2-3-13-31-22(29)17-9-11-18(12-10-17)24-20(27)15-26-21(28)19(25-23(26)30)14-16-7-5-4-6-8-16/h4-12,19H,2-3,13-15H2,1H3,(H,24,27)(H,25,30). The molecule has 1 saturated heterocycles. The number of rotatable bonds is 9. The van der Waals surface area contributed by atoms with Gasteiger partial charge in [0.05, 0.1) is 12.2 Å². The molecular weight excluding hydrogens is 398 g/mol. The van der Waals surface area contributed by atoms with E-state index >= 15 is 0 Å². The fraction of sp³-hybridized carbons (Fsp3) is 0.304. The molecule has 1 aliphatic rings. The summed E-state index contributed by atoms with van der Waals surface area (Å²) in [5, 5.41) is 5.25. The van der Waals surface area contributed by atoms with Crippen LogP contribution in [0.25, 0.3) is 0 Å². The number of nitrogens with one attached hydrogen (secondary N) is 2. The van der Waals surface area contributed by atoms with Gasteiger partial charge in [-0.1, -0.05) is 43.7 Å². The van der Waals surface area contributed by atoms with Crippen LogP contribution in [0.15, 0.2) is 54.6 Å². The van der Waals surface area contributed by atoms with Gasteiger partial charge in [0.25, 0.3) is 5.91 Å². The maximum atomic E-state index is 12.5. The van der Waals surface area contributed by atoms with Gasteiger partial charge in [-0.3, -0.25) is 14.5 Å². The van der Waals surface area contributed by atoms with Crippen molar-refractivity contribution in [1.82, 2.24) is 10.2 Å². The van der Waals surface area contributed by atoms with Crippen LogP contribution in [0.5, 0.6) is 0 Å². The Hall–Kier alpha value is -3.68. The number of nitrogens with zero attached hydrogens (tertiary/aromatic N) is 1. The monoisotopic (exact) mass is 423 g/mol. The van der Waals surface area contributed by atoms with Crippen molar-refractivity contribution in [2.45, 2.75) is 32.2 Å². The van der Waals surface area contributed by atoms with Gasteiger partial charge >= 0.3 is 12.0 Å². The van der Waals surface area contributed by atoms with Crippen LogP contribution in [0.3, 0.4) is 0 Å². The molecule has 31 heavy (non-hydrogen) atoms. The van der Waals surface area contributed by atoms with Gasteiger partial charge in [0, 0.05) is 12.1 Å². The summed E-state index contributed by atoms with van der Waals surface area (Å²) in [5.41, 5.74) is 1.75. The maximum Gasteiger partial charge on any atom is 0.338 e. The van der Waals surface area contributed by atoms with Crippen LogP contribution in [0.4, 0.5) is 10.5 Å². The van der Waals surface area contributed by atoms with Crippen LogP contribution in [0.1, 0.15) is 35.7 Å². The Balaban J connectivity index is 1.52. The molecule has 8 nitrogen and oxygen atoms in total. The lowest BCUT2D eigenvalue weighted by Crippen LogP contribution is -2.38. The Morgan fingerprint density at radius 3 is 2.45 bits per heavy atom. The van der Waals surface area contributed by atoms with E-state index in [1.165, 1.54) is 0 Å². The highest BCUT2D eigenvalue weighted by Gasteiger charge is 2.38. The summed E-state index contributed by atoms with van der Waals surface area (Å²) in [7, 11) is 0. The third kappa shape index (κ3) is 5.91. The van der Waals surface area contributed by atoms with Crippen molar-refractivity contribution >= 4 is 29.5 Å². The van der Waals surface area contributed by atoms with Gasteiger partial charge < -0.3 is 15.4 Å². The Labute approximate surface area is 180 Å². The molecule has 1 heterocycles. The molecule has 0 spiro atoms. The van der Waals surface area contributed by atoms with Crippen molar-refractivity contribution in [2.75, 3.05) is 18.5 Å². The molecule has 2 N–H and O–H groups in total. The topological polar surface area (TPSA) is 105 Å². The van der Waals surface area contributed by atoms with E-state index in [2.05, 4.69) is 10.6 Å². The van der Waals surface area contributed by atoms with Crippen LogP contribution in [0.2, 0.25) is 0 Å². The summed E-state index contributed by atoms with van der Waals surface area (Å²) in [5.74, 6) is -1.37. The summed E-state index contributed by atoms with van der Waals surface area (Å²) < 4.78 is 5.14. The Morgan fingerprint density at radius 1 is 1.06 bits per heavy atom. The third-order valence-corrected chi connectivity index (χ3v) is 4.83. The fourth-order valence-electron chi connectivity index (χ4n) is 3.14. The first-order valence-corrected chi connectivity index (χ1v) is 10.2. The van der Waals surface area contributed by atoms with Gasteiger partial charge in [-0.2, -0.15) is 0 Å². The molecule has 1 unspecified atom stereocenters. The quantitative estimate of drug-likeness (QED) is 0.367. The summed E-state index contributed by atoms with van der Waals surface area (Å²) >= 11 is 0. The molecule has 0 aliphatic carbocycles. The molecule has 162 valence electrons. The number of anilines is 1. The van der Waals surface area contributed by atoms with E-state index in [1.54, 1.807) is 24.3 Å². The van der Waals surface area contributed by atoms with E-state index in [4.69, 9.17) is 4.74 Å². The van der Waals surface area contributed by atoms with Crippen LogP contribution in [0, 0.1) is 0 Å². The number of ether oxygens (including phenoxy) is 1. The predicted octanol–water partition coefficient (Wildman–Crippen LogP) is 2.75. The lowest BCUT2D eigenvalue weighted by molar-refractivity contribution is -0.130. The average Bonchev–Trinajstić information content (AvgIpc) is 3.02. The number of carbonyl (C=O) groups is 4. The van der Waals surface area contributed by atoms with Crippen LogP contribution >= 0.6 is 0 Å². The van der Waals surface area contributed by atoms with Gasteiger partial charge in [-0.15, -0.1) is 0 Å². The second-order valence-electron chi connectivity index (χ2n) is 7.23. The molecule has 3 rings (SSSR count). The molecule has 1 aliphatic heterocycles. The number of hydrogen-bond donors (Lipinski definition) is 2. The lowest BCUT2D eigenvalue weighted by Gasteiger charge is -2.13. The van der Waals surface area contributed by atoms with E-state index < -0.39 is 36.4 Å². The fourth-order valence-corrected chi connectivity index (χ4v) is 3.14. The predicted molar refractivity (Wildman–Crippen MR) is 114 cm³/mol. The van der Waals surface area contributed by atoms with Gasteiger partial charge in [-0.05, 0) is 36.2 Å². The van der Waals surface area contributed by atoms with Crippen molar-refractivity contribution < 1.29 is 23.9 Å². The first-order chi connectivity index (χ1) is 15.0. The number of urea groups is 1. The summed E-state index contributed by atoms with van der Waals surface area (Å²) in [6.45, 7) is 1.98. The zero-order valence-corrected chi connectivity index (χ0v) is 17.3. The average molecular weight is 423 g/mol. The molecule has 4 amide bonds. The van der Waals surface area contributed by atoms with Crippen LogP contribution in [-0.2, 0) is 20.7 Å². The van der Waals surface area contributed by atoms with Gasteiger partial charge in [0.1, 0.15) is 12.6 Å². The van der Waals surface area contributed by atoms with Crippen molar-refractivity contribution in [1.29, 1.82) is 0 Å². The van der Waals surface area contributed by atoms with Crippen molar-refractivity contribution in [3.63, 3.8) is 0 Å². The molecular formula is C23H25N3O5. The smallest absolute Gasteiger partial charge is 0.338 e. The molecule has 1 atom stereocenters. The maximum absolute atomic E-state index is 12.5. The molecule has 2 aromatic carbocycles. The molecule has 0 bridgehead atoms. The number of unbranched alkanes of at least 4 members (excludes halogenated alkanes) is 1. The molecule has 8 heteroatoms. The number of benzene rings is 2. The minimum absolute atomic E-state index is 0.360. The molecule has 0 aromatic heterocycles. The van der Waals surface area contributed by atoms with Crippen LogP contribution < -0.4 is 10.6 Å². The zero-order chi connectivity index (χ0) is 22.2. The number of imide groups is 1. The first-order valence-electron chi connectivity index (χ1n) is 10.2. The SMILES string of the molecule is CCCCOC(=O)c1ccc(NC(=O)CN2C(=O)NC(Cc3ccccc3)C2=O)cc1. The van der Waals surface area contributed by atoms with Crippen LogP contribution in [-0.4, -0.2) is 47.9 Å². The highest BCUT2D eigenvalue weighted by Crippen LogP contribution is 2.14. The largest absolute Gasteiger partial charge is 0.462 e. The van der Waals surface area contributed by atoms with Crippen molar-refractivity contribution in [3.8, 4) is 0 Å². The van der Waals surface area contributed by atoms with E-state index in [-0.39, 0.29) is 0 Å². The van der Waals surface area contributed by atoms with Crippen molar-refractivity contribution in [2.24, 2.45) is 0 Å². The molecule has 0 saturated carbocycles. The lowest BCUT2D eigenvalue weighted by atomic mass is 10.1. The molecule has 2 aromatic rings. The summed E-state index contributed by atoms with van der Waals surface area (Å²) in [6, 6.07) is 14.3. The molecule has 0 radical (unpaired) electrons. The number of hydrogen-bond acceptors (Lipinski definition) is 5. The minimum Gasteiger partial charge on any atom is -0.462 e. The Bertz CT molecular complexity index is 943. The Morgan fingerprint density at radius 2 is 1.77 bits per heavy atom. The zero-order valence-electron chi connectivity index (χ0n) is 17.3. The van der Waals surface area contributed by atoms with Gasteiger partial charge in [0.15, 0.2) is 0 Å². The minimum atomic E-state index is -0.694. The van der Waals surface area contributed by atoms with E-state index in [1.807, 2.05) is 37.3 Å². The second kappa shape index (κ2) is 10.4. The summed E-state index contributed by atoms with van der Waals surface area (Å²) in [6.07, 6.45) is 2.09. The van der Waals surface area contributed by atoms with Gasteiger partial charge in [-0.25, -0.2) is 9.59 Å². The number of amides is 4.